The molecule has 0 N–H and O–H groups in total. The summed E-state index contributed by atoms with van der Waals surface area (Å²) in [5.41, 5.74) is 1.75. The van der Waals surface area contributed by atoms with Crippen LogP contribution >= 0.6 is 11.3 Å². The van der Waals surface area contributed by atoms with Gasteiger partial charge in [0.05, 0.1) is 17.5 Å². The van der Waals surface area contributed by atoms with Crippen LogP contribution in [0.1, 0.15) is 6.92 Å². The van der Waals surface area contributed by atoms with Gasteiger partial charge in [0.15, 0.2) is 0 Å². The average Bonchev–Trinajstić information content (AvgIpc) is 2.19. The molecule has 1 aromatic rings. The van der Waals surface area contributed by atoms with Gasteiger partial charge < -0.3 is 4.74 Å². The first-order valence-corrected chi connectivity index (χ1v) is 3.38. The minimum absolute atomic E-state index is 0.698. The van der Waals surface area contributed by atoms with Gasteiger partial charge in [-0.1, -0.05) is 0 Å². The molecule has 0 aromatic carbocycles. The van der Waals surface area contributed by atoms with E-state index in [4.69, 9.17) is 4.74 Å². The highest BCUT2D eigenvalue weighted by Gasteiger charge is 1.88. The fraction of sp³-hybridized carbons (Fsp3) is 0.400. The van der Waals surface area contributed by atoms with Gasteiger partial charge in [-0.2, -0.15) is 0 Å². The fourth-order valence-corrected chi connectivity index (χ4v) is 0.892. The van der Waals surface area contributed by atoms with Gasteiger partial charge >= 0.3 is 0 Å². The van der Waals surface area contributed by atoms with E-state index in [1.165, 1.54) is 0 Å². The summed E-state index contributed by atoms with van der Waals surface area (Å²) >= 11 is 1.54. The highest BCUT2D eigenvalue weighted by molar-refractivity contribution is 7.07. The highest BCUT2D eigenvalue weighted by Crippen LogP contribution is 2.08. The Balaban J connectivity index is 2.50. The van der Waals surface area contributed by atoms with Crippen LogP contribution < -0.4 is 4.74 Å². The van der Waals surface area contributed by atoms with E-state index in [0.717, 1.165) is 5.88 Å². The van der Waals surface area contributed by atoms with Crippen LogP contribution in [0.2, 0.25) is 0 Å². The maximum absolute atomic E-state index is 5.05. The van der Waals surface area contributed by atoms with Gasteiger partial charge in [0.25, 0.3) is 0 Å². The van der Waals surface area contributed by atoms with Crippen molar-refractivity contribution in [3.05, 3.63) is 10.9 Å². The van der Waals surface area contributed by atoms with Crippen molar-refractivity contribution in [2.75, 3.05) is 6.61 Å². The van der Waals surface area contributed by atoms with Crippen LogP contribution in [0.15, 0.2) is 10.9 Å². The molecule has 0 saturated heterocycles. The van der Waals surface area contributed by atoms with E-state index in [-0.39, 0.29) is 0 Å². The third-order valence-electron chi connectivity index (χ3n) is 0.702. The number of hydrogen-bond acceptors (Lipinski definition) is 3. The van der Waals surface area contributed by atoms with E-state index >= 15 is 0 Å². The molecule has 8 heavy (non-hydrogen) atoms. The summed E-state index contributed by atoms with van der Waals surface area (Å²) in [7, 11) is 0. The van der Waals surface area contributed by atoms with Gasteiger partial charge in [0, 0.05) is 0 Å². The first-order valence-electron chi connectivity index (χ1n) is 2.44. The summed E-state index contributed by atoms with van der Waals surface area (Å²) < 4.78 is 5.05. The highest BCUT2D eigenvalue weighted by atomic mass is 32.1. The molecular formula is C5H7NOS. The summed E-state index contributed by atoms with van der Waals surface area (Å²) in [5, 5.41) is 1.88. The molecule has 0 radical (unpaired) electrons. The van der Waals surface area contributed by atoms with Crippen molar-refractivity contribution in [1.82, 2.24) is 4.98 Å². The summed E-state index contributed by atoms with van der Waals surface area (Å²) in [4.78, 5) is 3.90. The molecule has 1 aromatic heterocycles. The number of rotatable bonds is 2. The molecule has 0 saturated carbocycles. The van der Waals surface area contributed by atoms with Crippen LogP contribution in [-0.4, -0.2) is 11.6 Å². The van der Waals surface area contributed by atoms with Gasteiger partial charge in [-0.05, 0) is 6.92 Å². The van der Waals surface area contributed by atoms with Gasteiger partial charge in [-0.3, -0.25) is 0 Å². The molecule has 0 atom stereocenters. The minimum atomic E-state index is 0.698. The molecule has 0 amide bonds. The van der Waals surface area contributed by atoms with E-state index < -0.39 is 0 Å². The van der Waals surface area contributed by atoms with Crippen molar-refractivity contribution in [2.24, 2.45) is 0 Å². The second-order valence-electron chi connectivity index (χ2n) is 1.26. The number of ether oxygens (including phenoxy) is 1. The second-order valence-corrected chi connectivity index (χ2v) is 1.98. The van der Waals surface area contributed by atoms with E-state index in [9.17, 15) is 0 Å². The third kappa shape index (κ3) is 1.20. The maximum Gasteiger partial charge on any atom is 0.224 e. The first-order chi connectivity index (χ1) is 3.93. The molecule has 3 heteroatoms. The Labute approximate surface area is 52.1 Å². The normalized spacial score (nSPS) is 9.12. The molecule has 0 aliphatic rings. The SMILES string of the molecule is CCOc1cscn1. The Morgan fingerprint density at radius 3 is 3.25 bits per heavy atom. The quantitative estimate of drug-likeness (QED) is 0.604. The Hall–Kier alpha value is -0.570. The lowest BCUT2D eigenvalue weighted by molar-refractivity contribution is 0.329. The topological polar surface area (TPSA) is 22.1 Å². The maximum atomic E-state index is 5.05. The standard InChI is InChI=1S/C5H7NOS/c1-2-7-5-3-8-4-6-5/h3-4H,2H2,1H3. The van der Waals surface area contributed by atoms with Gasteiger partial charge in [-0.25, -0.2) is 4.98 Å². The third-order valence-corrected chi connectivity index (χ3v) is 1.27. The Bertz CT molecular complexity index is 138. The van der Waals surface area contributed by atoms with E-state index in [0.29, 0.717) is 6.61 Å². The lowest BCUT2D eigenvalue weighted by Crippen LogP contribution is -1.89. The minimum Gasteiger partial charge on any atom is -0.477 e. The molecule has 1 rings (SSSR count). The number of thiazole rings is 1. The second kappa shape index (κ2) is 2.67. The predicted molar refractivity (Wildman–Crippen MR) is 33.3 cm³/mol. The smallest absolute Gasteiger partial charge is 0.224 e. The van der Waals surface area contributed by atoms with Crippen molar-refractivity contribution < 1.29 is 4.74 Å². The molecule has 44 valence electrons. The lowest BCUT2D eigenvalue weighted by Gasteiger charge is -1.92. The zero-order valence-electron chi connectivity index (χ0n) is 4.63. The van der Waals surface area contributed by atoms with Crippen molar-refractivity contribution in [3.8, 4) is 5.88 Å². The van der Waals surface area contributed by atoms with Crippen LogP contribution in [-0.2, 0) is 0 Å². The molecular weight excluding hydrogens is 122 g/mol. The van der Waals surface area contributed by atoms with Crippen LogP contribution in [0.3, 0.4) is 0 Å². The van der Waals surface area contributed by atoms with Gasteiger partial charge in [-0.15, -0.1) is 11.3 Å². The molecule has 0 fully saturated rings. The monoisotopic (exact) mass is 129 g/mol. The lowest BCUT2D eigenvalue weighted by atomic mass is 10.8. The molecule has 0 unspecified atom stereocenters. The summed E-state index contributed by atoms with van der Waals surface area (Å²) in [6.45, 7) is 2.64. The zero-order valence-corrected chi connectivity index (χ0v) is 5.44. The molecule has 1 heterocycles. The molecule has 0 spiro atoms. The van der Waals surface area contributed by atoms with Gasteiger partial charge in [0.2, 0.25) is 5.88 Å². The Morgan fingerprint density at radius 2 is 2.75 bits per heavy atom. The Kier molecular flexibility index (Phi) is 1.86. The Morgan fingerprint density at radius 1 is 1.88 bits per heavy atom. The van der Waals surface area contributed by atoms with Crippen LogP contribution in [0.4, 0.5) is 0 Å². The summed E-state index contributed by atoms with van der Waals surface area (Å²) in [5.74, 6) is 0.734. The largest absolute Gasteiger partial charge is 0.477 e. The average molecular weight is 129 g/mol. The van der Waals surface area contributed by atoms with Gasteiger partial charge in [0.1, 0.15) is 0 Å². The first kappa shape index (κ1) is 5.56. The van der Waals surface area contributed by atoms with E-state index in [1.54, 1.807) is 16.8 Å². The molecule has 0 aliphatic carbocycles. The number of nitrogens with zero attached hydrogens (tertiary/aromatic N) is 1. The predicted octanol–water partition coefficient (Wildman–Crippen LogP) is 1.54. The fourth-order valence-electron chi connectivity index (χ4n) is 0.421. The number of hydrogen-bond donors (Lipinski definition) is 0. The summed E-state index contributed by atoms with van der Waals surface area (Å²) in [6.07, 6.45) is 0. The van der Waals surface area contributed by atoms with E-state index in [2.05, 4.69) is 4.98 Å². The van der Waals surface area contributed by atoms with Crippen LogP contribution in [0, 0.1) is 0 Å². The molecule has 0 aliphatic heterocycles. The molecule has 0 bridgehead atoms. The van der Waals surface area contributed by atoms with Crippen LogP contribution in [0.5, 0.6) is 5.88 Å². The zero-order chi connectivity index (χ0) is 5.82. The van der Waals surface area contributed by atoms with Crippen molar-refractivity contribution in [2.45, 2.75) is 6.92 Å². The number of aromatic nitrogens is 1. The van der Waals surface area contributed by atoms with Crippen molar-refractivity contribution in [1.29, 1.82) is 0 Å². The van der Waals surface area contributed by atoms with Crippen molar-refractivity contribution in [3.63, 3.8) is 0 Å². The van der Waals surface area contributed by atoms with Crippen LogP contribution in [0.25, 0.3) is 0 Å². The van der Waals surface area contributed by atoms with E-state index in [1.807, 2.05) is 12.3 Å². The molecule has 2 nitrogen and oxygen atoms in total. The summed E-state index contributed by atoms with van der Waals surface area (Å²) in [6, 6.07) is 0. The van der Waals surface area contributed by atoms with Crippen molar-refractivity contribution >= 4 is 11.3 Å².